The van der Waals surface area contributed by atoms with E-state index in [1.54, 1.807) is 18.2 Å². The number of nitrogens with zero attached hydrogens (tertiary/aromatic N) is 2. The molecule has 8 heteroatoms. The van der Waals surface area contributed by atoms with Gasteiger partial charge in [0.15, 0.2) is 5.70 Å². The molecule has 1 aliphatic heterocycles. The number of cyclic esters (lactones) is 1. The van der Waals surface area contributed by atoms with Crippen LogP contribution in [0, 0.1) is 10.1 Å². The van der Waals surface area contributed by atoms with Gasteiger partial charge in [-0.15, -0.1) is 0 Å². The minimum absolute atomic E-state index is 0.0221. The van der Waals surface area contributed by atoms with E-state index < -0.39 is 10.9 Å². The lowest BCUT2D eigenvalue weighted by molar-refractivity contribution is -0.384. The SMILES string of the molecule is COc1ccc(Br)cc1C=C1N=C(c2cccc([N+](=O)[O-])c2)OC1=O. The molecule has 1 aliphatic rings. The van der Waals surface area contributed by atoms with E-state index in [1.807, 2.05) is 6.07 Å². The predicted molar refractivity (Wildman–Crippen MR) is 94.4 cm³/mol. The number of esters is 1. The van der Waals surface area contributed by atoms with Gasteiger partial charge in [0, 0.05) is 27.7 Å². The zero-order valence-electron chi connectivity index (χ0n) is 12.9. The zero-order valence-corrected chi connectivity index (χ0v) is 14.5. The van der Waals surface area contributed by atoms with E-state index in [4.69, 9.17) is 9.47 Å². The average Bonchev–Trinajstić information content (AvgIpc) is 2.96. The largest absolute Gasteiger partial charge is 0.496 e. The molecule has 1 heterocycles. The highest BCUT2D eigenvalue weighted by Gasteiger charge is 2.25. The number of rotatable bonds is 4. The number of benzene rings is 2. The van der Waals surface area contributed by atoms with Crippen LogP contribution >= 0.6 is 15.9 Å². The van der Waals surface area contributed by atoms with E-state index in [-0.39, 0.29) is 17.3 Å². The molecule has 2 aromatic rings. The van der Waals surface area contributed by atoms with Crippen molar-refractivity contribution in [2.45, 2.75) is 0 Å². The van der Waals surface area contributed by atoms with Crippen molar-refractivity contribution in [1.82, 2.24) is 0 Å². The summed E-state index contributed by atoms with van der Waals surface area (Å²) < 4.78 is 11.2. The summed E-state index contributed by atoms with van der Waals surface area (Å²) in [7, 11) is 1.52. The van der Waals surface area contributed by atoms with Gasteiger partial charge in [-0.05, 0) is 30.3 Å². The van der Waals surface area contributed by atoms with E-state index in [0.29, 0.717) is 16.9 Å². The fraction of sp³-hybridized carbons (Fsp3) is 0.0588. The maximum Gasteiger partial charge on any atom is 0.363 e. The first-order valence-corrected chi connectivity index (χ1v) is 7.88. The van der Waals surface area contributed by atoms with Crippen LogP contribution in [0.1, 0.15) is 11.1 Å². The Morgan fingerprint density at radius 3 is 2.80 bits per heavy atom. The molecule has 7 nitrogen and oxygen atoms in total. The van der Waals surface area contributed by atoms with Gasteiger partial charge in [0.25, 0.3) is 5.69 Å². The average molecular weight is 403 g/mol. The summed E-state index contributed by atoms with van der Waals surface area (Å²) >= 11 is 3.36. The smallest absolute Gasteiger partial charge is 0.363 e. The van der Waals surface area contributed by atoms with Gasteiger partial charge in [-0.1, -0.05) is 22.0 Å². The van der Waals surface area contributed by atoms with Gasteiger partial charge in [-0.25, -0.2) is 9.79 Å². The molecule has 0 N–H and O–H groups in total. The Bertz CT molecular complexity index is 936. The van der Waals surface area contributed by atoms with Crippen LogP contribution in [0.4, 0.5) is 5.69 Å². The summed E-state index contributed by atoms with van der Waals surface area (Å²) in [5, 5.41) is 10.9. The van der Waals surface area contributed by atoms with Crippen LogP contribution in [0.2, 0.25) is 0 Å². The Morgan fingerprint density at radius 1 is 1.28 bits per heavy atom. The molecule has 2 aromatic carbocycles. The van der Waals surface area contributed by atoms with Crippen LogP contribution < -0.4 is 4.74 Å². The number of nitro groups is 1. The molecule has 0 aromatic heterocycles. The highest BCUT2D eigenvalue weighted by Crippen LogP contribution is 2.27. The molecule has 3 rings (SSSR count). The summed E-state index contributed by atoms with van der Waals surface area (Å²) in [5.74, 6) is -0.0417. The number of hydrogen-bond donors (Lipinski definition) is 0. The molecule has 0 spiro atoms. The monoisotopic (exact) mass is 402 g/mol. The summed E-state index contributed by atoms with van der Waals surface area (Å²) in [4.78, 5) is 26.6. The third-order valence-electron chi connectivity index (χ3n) is 3.41. The predicted octanol–water partition coefficient (Wildman–Crippen LogP) is 3.71. The molecule has 0 radical (unpaired) electrons. The highest BCUT2D eigenvalue weighted by molar-refractivity contribution is 9.10. The Kier molecular flexibility index (Phi) is 4.62. The number of hydrogen-bond acceptors (Lipinski definition) is 6. The second-order valence-corrected chi connectivity index (χ2v) is 5.95. The van der Waals surface area contributed by atoms with Gasteiger partial charge in [0.1, 0.15) is 5.75 Å². The minimum atomic E-state index is -0.636. The maximum atomic E-state index is 12.1. The van der Waals surface area contributed by atoms with Crippen LogP contribution in [0.15, 0.2) is 57.6 Å². The normalized spacial score (nSPS) is 15.0. The van der Waals surface area contributed by atoms with Crippen LogP contribution in [0.3, 0.4) is 0 Å². The molecule has 25 heavy (non-hydrogen) atoms. The third kappa shape index (κ3) is 3.58. The first-order valence-electron chi connectivity index (χ1n) is 7.09. The third-order valence-corrected chi connectivity index (χ3v) is 3.90. The number of carbonyl (C=O) groups is 1. The molecule has 0 saturated carbocycles. The molecule has 0 fully saturated rings. The van der Waals surface area contributed by atoms with Crippen molar-refractivity contribution in [3.05, 3.63) is 73.9 Å². The second kappa shape index (κ2) is 6.86. The van der Waals surface area contributed by atoms with Crippen molar-refractivity contribution in [2.24, 2.45) is 4.99 Å². The highest BCUT2D eigenvalue weighted by atomic mass is 79.9. The van der Waals surface area contributed by atoms with Crippen LogP contribution in [0.25, 0.3) is 6.08 Å². The number of nitro benzene ring substituents is 1. The summed E-state index contributed by atoms with van der Waals surface area (Å²) in [6, 6.07) is 11.1. The van der Waals surface area contributed by atoms with Crippen molar-refractivity contribution in [3.8, 4) is 5.75 Å². The van der Waals surface area contributed by atoms with E-state index in [2.05, 4.69) is 20.9 Å². The zero-order chi connectivity index (χ0) is 18.0. The fourth-order valence-corrected chi connectivity index (χ4v) is 2.63. The number of methoxy groups -OCH3 is 1. The molecule has 0 atom stereocenters. The molecule has 0 unspecified atom stereocenters. The molecule has 126 valence electrons. The Hall–Kier alpha value is -3.00. The lowest BCUT2D eigenvalue weighted by Gasteiger charge is -2.04. The van der Waals surface area contributed by atoms with Crippen molar-refractivity contribution < 1.29 is 19.2 Å². The lowest BCUT2D eigenvalue weighted by atomic mass is 10.1. The van der Waals surface area contributed by atoms with Gasteiger partial charge in [0.05, 0.1) is 12.0 Å². The number of carbonyl (C=O) groups excluding carboxylic acids is 1. The lowest BCUT2D eigenvalue weighted by Crippen LogP contribution is -2.05. The van der Waals surface area contributed by atoms with Gasteiger partial charge >= 0.3 is 5.97 Å². The molecule has 0 bridgehead atoms. The van der Waals surface area contributed by atoms with Crippen molar-refractivity contribution in [2.75, 3.05) is 7.11 Å². The quantitative estimate of drug-likeness (QED) is 0.336. The van der Waals surface area contributed by atoms with Crippen molar-refractivity contribution >= 4 is 39.6 Å². The number of ether oxygens (including phenoxy) is 2. The molecule has 0 amide bonds. The van der Waals surface area contributed by atoms with Gasteiger partial charge in [-0.2, -0.15) is 0 Å². The number of non-ortho nitro benzene ring substituents is 1. The molecule has 0 saturated heterocycles. The van der Waals surface area contributed by atoms with E-state index in [1.165, 1.54) is 31.4 Å². The molecular weight excluding hydrogens is 392 g/mol. The van der Waals surface area contributed by atoms with E-state index >= 15 is 0 Å². The second-order valence-electron chi connectivity index (χ2n) is 5.03. The standard InChI is InChI=1S/C17H11BrN2O5/c1-24-15-6-5-12(18)7-11(15)9-14-17(21)25-16(19-14)10-3-2-4-13(8-10)20(22)23/h2-9H,1H3. The maximum absolute atomic E-state index is 12.1. The fourth-order valence-electron chi connectivity index (χ4n) is 2.25. The first kappa shape index (κ1) is 16.8. The van der Waals surface area contributed by atoms with Crippen LogP contribution in [-0.2, 0) is 9.53 Å². The summed E-state index contributed by atoms with van der Waals surface area (Å²) in [6.45, 7) is 0. The van der Waals surface area contributed by atoms with E-state index in [9.17, 15) is 14.9 Å². The van der Waals surface area contributed by atoms with Gasteiger partial charge in [-0.3, -0.25) is 10.1 Å². The van der Waals surface area contributed by atoms with Crippen molar-refractivity contribution in [3.63, 3.8) is 0 Å². The topological polar surface area (TPSA) is 91.0 Å². The summed E-state index contributed by atoms with van der Waals surface area (Å²) in [5.41, 5.74) is 0.972. The van der Waals surface area contributed by atoms with E-state index in [0.717, 1.165) is 4.47 Å². The van der Waals surface area contributed by atoms with Crippen LogP contribution in [0.5, 0.6) is 5.75 Å². The first-order chi connectivity index (χ1) is 12.0. The van der Waals surface area contributed by atoms with Gasteiger partial charge < -0.3 is 9.47 Å². The Balaban J connectivity index is 1.99. The van der Waals surface area contributed by atoms with Gasteiger partial charge in [0.2, 0.25) is 5.90 Å². The molecular formula is C17H11BrN2O5. The Labute approximate surface area is 150 Å². The minimum Gasteiger partial charge on any atom is -0.496 e. The Morgan fingerprint density at radius 2 is 2.08 bits per heavy atom. The van der Waals surface area contributed by atoms with Crippen molar-refractivity contribution in [1.29, 1.82) is 0 Å². The summed E-state index contributed by atoms with van der Waals surface area (Å²) in [6.07, 6.45) is 1.54. The van der Waals surface area contributed by atoms with Crippen LogP contribution in [-0.4, -0.2) is 23.9 Å². The number of halogens is 1. The number of aliphatic imine (C=N–C) groups is 1. The molecule has 0 aliphatic carbocycles.